The van der Waals surface area contributed by atoms with E-state index in [0.29, 0.717) is 18.3 Å². The van der Waals surface area contributed by atoms with Crippen molar-refractivity contribution in [2.75, 3.05) is 21.2 Å². The molecule has 0 spiro atoms. The molecule has 120 valence electrons. The molecule has 1 aliphatic carbocycles. The Balaban J connectivity index is 1.96. The van der Waals surface area contributed by atoms with Gasteiger partial charge in [0.1, 0.15) is 5.76 Å². The van der Waals surface area contributed by atoms with Crippen molar-refractivity contribution in [1.82, 2.24) is 9.62 Å². The van der Waals surface area contributed by atoms with Crippen molar-refractivity contribution in [1.29, 1.82) is 0 Å². The van der Waals surface area contributed by atoms with Crippen LogP contribution in [0.3, 0.4) is 0 Å². The Bertz CT molecular complexity index is 592. The smallest absolute Gasteiger partial charge is 0.275 e. The van der Waals surface area contributed by atoms with Crippen molar-refractivity contribution in [2.24, 2.45) is 5.41 Å². The first-order valence-corrected chi connectivity index (χ1v) is 8.41. The van der Waals surface area contributed by atoms with Crippen LogP contribution in [0.4, 0.5) is 0 Å². The molecule has 1 aromatic heterocycles. The Morgan fingerprint density at radius 2 is 2.10 bits per heavy atom. The summed E-state index contributed by atoms with van der Waals surface area (Å²) in [6.07, 6.45) is 1.21. The number of ether oxygens (including phenoxy) is 1. The number of rotatable bonds is 6. The van der Waals surface area contributed by atoms with Gasteiger partial charge in [0, 0.05) is 32.7 Å². The summed E-state index contributed by atoms with van der Waals surface area (Å²) in [6.45, 7) is 4.83. The molecule has 2 atom stereocenters. The molecule has 0 aliphatic heterocycles. The second-order valence-electron chi connectivity index (χ2n) is 6.22. The summed E-state index contributed by atoms with van der Waals surface area (Å²) in [5.41, 5.74) is 0.0693. The van der Waals surface area contributed by atoms with Gasteiger partial charge < -0.3 is 14.5 Å². The van der Waals surface area contributed by atoms with Crippen LogP contribution in [0.5, 0.6) is 0 Å². The molecule has 1 aromatic rings. The first-order valence-electron chi connectivity index (χ1n) is 6.97. The lowest BCUT2D eigenvalue weighted by Crippen LogP contribution is -2.60. The van der Waals surface area contributed by atoms with Gasteiger partial charge in [0.05, 0.1) is 12.6 Å². The lowest BCUT2D eigenvalue weighted by Gasteiger charge is -2.51. The van der Waals surface area contributed by atoms with Crippen molar-refractivity contribution in [2.45, 2.75) is 44.1 Å². The second kappa shape index (κ2) is 5.72. The highest BCUT2D eigenvalue weighted by Gasteiger charge is 2.48. The van der Waals surface area contributed by atoms with Gasteiger partial charge >= 0.3 is 0 Å². The van der Waals surface area contributed by atoms with Crippen LogP contribution in [-0.2, 0) is 21.3 Å². The molecule has 1 N–H and O–H groups in total. The number of nitrogens with zero attached hydrogens (tertiary/aromatic N) is 1. The Kier molecular flexibility index (Phi) is 4.49. The molecule has 2 rings (SSSR count). The number of nitrogens with one attached hydrogen (secondary N) is 1. The zero-order valence-corrected chi connectivity index (χ0v) is 14.0. The summed E-state index contributed by atoms with van der Waals surface area (Å²) in [6, 6.07) is 3.53. The molecule has 1 aliphatic rings. The third-order valence-electron chi connectivity index (χ3n) is 4.36. The fraction of sp³-hybridized carbons (Fsp3) is 0.714. The molecule has 0 saturated heterocycles. The fourth-order valence-corrected chi connectivity index (χ4v) is 3.44. The van der Waals surface area contributed by atoms with E-state index in [1.54, 1.807) is 13.2 Å². The van der Waals surface area contributed by atoms with Crippen LogP contribution in [-0.4, -0.2) is 46.1 Å². The molecule has 21 heavy (non-hydrogen) atoms. The largest absolute Gasteiger partial charge is 0.447 e. The summed E-state index contributed by atoms with van der Waals surface area (Å²) in [5, 5.41) is 3.38. The normalized spacial score (nSPS) is 25.0. The van der Waals surface area contributed by atoms with Crippen molar-refractivity contribution < 1.29 is 17.6 Å². The molecule has 0 radical (unpaired) electrons. The molecule has 0 bridgehead atoms. The molecular weight excluding hydrogens is 292 g/mol. The average Bonchev–Trinajstić information content (AvgIpc) is 2.87. The fourth-order valence-electron chi connectivity index (χ4n) is 2.63. The quantitative estimate of drug-likeness (QED) is 0.859. The first kappa shape index (κ1) is 16.5. The van der Waals surface area contributed by atoms with Gasteiger partial charge in [0.2, 0.25) is 5.09 Å². The molecule has 1 saturated carbocycles. The summed E-state index contributed by atoms with van der Waals surface area (Å²) in [7, 11) is 1.19. The lowest BCUT2D eigenvalue weighted by atomic mass is 9.64. The maximum absolute atomic E-state index is 11.9. The molecule has 1 fully saturated rings. The molecule has 0 amide bonds. The van der Waals surface area contributed by atoms with Gasteiger partial charge in [-0.2, -0.15) is 0 Å². The van der Waals surface area contributed by atoms with E-state index >= 15 is 0 Å². The number of hydrogen-bond acceptors (Lipinski definition) is 5. The summed E-state index contributed by atoms with van der Waals surface area (Å²) in [5.74, 6) is 0.618. The Labute approximate surface area is 126 Å². The highest BCUT2D eigenvalue weighted by Crippen LogP contribution is 2.42. The van der Waals surface area contributed by atoms with E-state index in [2.05, 4.69) is 19.2 Å². The standard InChI is InChI=1S/C14H24N2O4S/c1-14(2)11(8-12(14)19-5)15-9-10-6-7-13(20-10)21(17,18)16(3)4/h6-7,11-12,15H,8-9H2,1-5H3. The van der Waals surface area contributed by atoms with E-state index in [9.17, 15) is 8.42 Å². The minimum atomic E-state index is -3.50. The molecular formula is C14H24N2O4S. The van der Waals surface area contributed by atoms with Gasteiger partial charge in [-0.15, -0.1) is 0 Å². The van der Waals surface area contributed by atoms with Crippen LogP contribution in [0.25, 0.3) is 0 Å². The number of furan rings is 1. The van der Waals surface area contributed by atoms with Crippen molar-refractivity contribution in [3.05, 3.63) is 17.9 Å². The van der Waals surface area contributed by atoms with Gasteiger partial charge in [-0.1, -0.05) is 13.8 Å². The molecule has 2 unspecified atom stereocenters. The third kappa shape index (κ3) is 3.01. The zero-order chi connectivity index (χ0) is 15.8. The van der Waals surface area contributed by atoms with Crippen LogP contribution in [0.1, 0.15) is 26.0 Å². The lowest BCUT2D eigenvalue weighted by molar-refractivity contribution is -0.0982. The van der Waals surface area contributed by atoms with Crippen LogP contribution in [0, 0.1) is 5.41 Å². The average molecular weight is 316 g/mol. The topological polar surface area (TPSA) is 71.8 Å². The zero-order valence-electron chi connectivity index (χ0n) is 13.2. The minimum absolute atomic E-state index is 0.0214. The van der Waals surface area contributed by atoms with E-state index in [4.69, 9.17) is 9.15 Å². The van der Waals surface area contributed by atoms with Crippen LogP contribution < -0.4 is 5.32 Å². The monoisotopic (exact) mass is 316 g/mol. The van der Waals surface area contributed by atoms with Crippen molar-refractivity contribution in [3.8, 4) is 0 Å². The van der Waals surface area contributed by atoms with Gasteiger partial charge in [0.15, 0.2) is 0 Å². The number of methoxy groups -OCH3 is 1. The van der Waals surface area contributed by atoms with Crippen molar-refractivity contribution >= 4 is 10.0 Å². The van der Waals surface area contributed by atoms with Gasteiger partial charge in [-0.25, -0.2) is 12.7 Å². The van der Waals surface area contributed by atoms with E-state index in [0.717, 1.165) is 10.7 Å². The highest BCUT2D eigenvalue weighted by molar-refractivity contribution is 7.88. The number of sulfonamides is 1. The molecule has 0 aromatic carbocycles. The van der Waals surface area contributed by atoms with E-state index in [-0.39, 0.29) is 16.6 Å². The Morgan fingerprint density at radius 1 is 1.43 bits per heavy atom. The van der Waals surface area contributed by atoms with Crippen LogP contribution in [0.15, 0.2) is 21.6 Å². The second-order valence-corrected chi connectivity index (χ2v) is 8.31. The maximum Gasteiger partial charge on any atom is 0.275 e. The summed E-state index contributed by atoms with van der Waals surface area (Å²) >= 11 is 0. The number of hydrogen-bond donors (Lipinski definition) is 1. The maximum atomic E-state index is 11.9. The van der Waals surface area contributed by atoms with E-state index < -0.39 is 10.0 Å². The highest BCUT2D eigenvalue weighted by atomic mass is 32.2. The Morgan fingerprint density at radius 3 is 2.62 bits per heavy atom. The first-order chi connectivity index (χ1) is 9.69. The predicted molar refractivity (Wildman–Crippen MR) is 79.4 cm³/mol. The predicted octanol–water partition coefficient (Wildman–Crippen LogP) is 1.43. The molecule has 6 nitrogen and oxygen atoms in total. The van der Waals surface area contributed by atoms with Gasteiger partial charge in [-0.05, 0) is 18.6 Å². The summed E-state index contributed by atoms with van der Waals surface area (Å²) in [4.78, 5) is 0. The van der Waals surface area contributed by atoms with Crippen LogP contribution in [0.2, 0.25) is 0 Å². The van der Waals surface area contributed by atoms with Gasteiger partial charge in [0.25, 0.3) is 10.0 Å². The Hall–Kier alpha value is -0.890. The molecule has 1 heterocycles. The summed E-state index contributed by atoms with van der Waals surface area (Å²) < 4.78 is 35.8. The van der Waals surface area contributed by atoms with E-state index in [1.807, 2.05) is 0 Å². The van der Waals surface area contributed by atoms with Crippen molar-refractivity contribution in [3.63, 3.8) is 0 Å². The molecule has 7 heteroatoms. The third-order valence-corrected chi connectivity index (χ3v) is 6.05. The van der Waals surface area contributed by atoms with Crippen LogP contribution >= 0.6 is 0 Å². The van der Waals surface area contributed by atoms with Gasteiger partial charge in [-0.3, -0.25) is 0 Å². The van der Waals surface area contributed by atoms with E-state index in [1.165, 1.54) is 20.2 Å². The SMILES string of the molecule is COC1CC(NCc2ccc(S(=O)(=O)N(C)C)o2)C1(C)C. The minimum Gasteiger partial charge on any atom is -0.447 e.